The van der Waals surface area contributed by atoms with E-state index in [1.54, 1.807) is 6.07 Å². The van der Waals surface area contributed by atoms with Crippen molar-refractivity contribution >= 4 is 6.47 Å². The standard InChI is InChI=1S/C8H4FNO2/c9-8-3-7(12-5-11)2-1-6(8)4-10/h1-3,5H. The van der Waals surface area contributed by atoms with Crippen molar-refractivity contribution < 1.29 is 13.9 Å². The predicted octanol–water partition coefficient (Wildman–Crippen LogP) is 1.23. The van der Waals surface area contributed by atoms with Crippen molar-refractivity contribution in [1.82, 2.24) is 0 Å². The Morgan fingerprint density at radius 3 is 2.83 bits per heavy atom. The van der Waals surface area contributed by atoms with Gasteiger partial charge in [-0.3, -0.25) is 4.79 Å². The maximum absolute atomic E-state index is 12.8. The van der Waals surface area contributed by atoms with E-state index in [-0.39, 0.29) is 17.8 Å². The zero-order valence-electron chi connectivity index (χ0n) is 5.95. The van der Waals surface area contributed by atoms with Gasteiger partial charge in [-0.2, -0.15) is 5.26 Å². The molecule has 3 nitrogen and oxygen atoms in total. The lowest BCUT2D eigenvalue weighted by Gasteiger charge is -1.97. The van der Waals surface area contributed by atoms with Crippen LogP contribution in [0.2, 0.25) is 0 Å². The molecule has 0 aliphatic heterocycles. The van der Waals surface area contributed by atoms with E-state index in [4.69, 9.17) is 5.26 Å². The third kappa shape index (κ3) is 1.58. The molecule has 1 aromatic rings. The van der Waals surface area contributed by atoms with Gasteiger partial charge in [0.05, 0.1) is 5.56 Å². The van der Waals surface area contributed by atoms with E-state index in [1.807, 2.05) is 0 Å². The second-order valence-electron chi connectivity index (χ2n) is 1.97. The molecule has 0 radical (unpaired) electrons. The van der Waals surface area contributed by atoms with Crippen LogP contribution in [0.3, 0.4) is 0 Å². The normalized spacial score (nSPS) is 8.67. The van der Waals surface area contributed by atoms with Crippen LogP contribution < -0.4 is 4.74 Å². The number of hydrogen-bond acceptors (Lipinski definition) is 3. The van der Waals surface area contributed by atoms with E-state index in [2.05, 4.69) is 4.74 Å². The summed E-state index contributed by atoms with van der Waals surface area (Å²) in [5.74, 6) is -0.613. The fourth-order valence-electron chi connectivity index (χ4n) is 0.715. The monoisotopic (exact) mass is 165 g/mol. The third-order valence-corrected chi connectivity index (χ3v) is 1.25. The molecule has 0 aromatic heterocycles. The lowest BCUT2D eigenvalue weighted by molar-refractivity contribution is -0.120. The number of carbonyl (C=O) groups excluding carboxylic acids is 1. The Balaban J connectivity index is 3.03. The van der Waals surface area contributed by atoms with Crippen LogP contribution in [0.15, 0.2) is 18.2 Å². The number of rotatable bonds is 2. The number of halogens is 1. The molecule has 0 amide bonds. The Kier molecular flexibility index (Phi) is 2.38. The summed E-state index contributed by atoms with van der Waals surface area (Å²) < 4.78 is 17.1. The van der Waals surface area contributed by atoms with Crippen molar-refractivity contribution in [1.29, 1.82) is 5.26 Å². The van der Waals surface area contributed by atoms with Crippen molar-refractivity contribution in [3.8, 4) is 11.8 Å². The summed E-state index contributed by atoms with van der Waals surface area (Å²) in [4.78, 5) is 9.83. The molecule has 0 N–H and O–H groups in total. The largest absolute Gasteiger partial charge is 0.429 e. The van der Waals surface area contributed by atoms with Crippen molar-refractivity contribution in [3.05, 3.63) is 29.6 Å². The molecule has 0 heterocycles. The number of benzene rings is 1. The molecule has 0 saturated heterocycles. The van der Waals surface area contributed by atoms with Crippen LogP contribution in [-0.2, 0) is 4.79 Å². The van der Waals surface area contributed by atoms with Gasteiger partial charge in [-0.1, -0.05) is 0 Å². The minimum Gasteiger partial charge on any atom is -0.429 e. The van der Waals surface area contributed by atoms with Gasteiger partial charge in [0, 0.05) is 6.07 Å². The number of hydrogen-bond donors (Lipinski definition) is 0. The molecule has 4 heteroatoms. The van der Waals surface area contributed by atoms with Gasteiger partial charge in [0.15, 0.2) is 0 Å². The van der Waals surface area contributed by atoms with E-state index >= 15 is 0 Å². The molecule has 0 aliphatic rings. The second kappa shape index (κ2) is 3.49. The summed E-state index contributed by atoms with van der Waals surface area (Å²) in [6.45, 7) is 0.195. The minimum absolute atomic E-state index is 0.0757. The van der Waals surface area contributed by atoms with E-state index in [9.17, 15) is 9.18 Å². The highest BCUT2D eigenvalue weighted by molar-refractivity contribution is 5.46. The predicted molar refractivity (Wildman–Crippen MR) is 37.8 cm³/mol. The number of nitrogens with zero attached hydrogens (tertiary/aromatic N) is 1. The molecule has 1 rings (SSSR count). The van der Waals surface area contributed by atoms with Crippen LogP contribution in [-0.4, -0.2) is 6.47 Å². The smallest absolute Gasteiger partial charge is 0.298 e. The van der Waals surface area contributed by atoms with Crippen LogP contribution in [0.4, 0.5) is 4.39 Å². The van der Waals surface area contributed by atoms with Crippen molar-refractivity contribution in [2.45, 2.75) is 0 Å². The van der Waals surface area contributed by atoms with Crippen molar-refractivity contribution in [3.63, 3.8) is 0 Å². The van der Waals surface area contributed by atoms with Gasteiger partial charge < -0.3 is 4.74 Å². The summed E-state index contributed by atoms with van der Waals surface area (Å²) in [6, 6.07) is 5.21. The summed E-state index contributed by atoms with van der Waals surface area (Å²) in [5.41, 5.74) is -0.0757. The average Bonchev–Trinajstić information content (AvgIpc) is 2.05. The van der Waals surface area contributed by atoms with Gasteiger partial charge in [-0.05, 0) is 12.1 Å². The van der Waals surface area contributed by atoms with Gasteiger partial charge >= 0.3 is 0 Å². The van der Waals surface area contributed by atoms with Crippen molar-refractivity contribution in [2.24, 2.45) is 0 Å². The highest BCUT2D eigenvalue weighted by Crippen LogP contribution is 2.14. The van der Waals surface area contributed by atoms with Crippen LogP contribution in [0.5, 0.6) is 5.75 Å². The van der Waals surface area contributed by atoms with E-state index in [0.717, 1.165) is 6.07 Å². The highest BCUT2D eigenvalue weighted by atomic mass is 19.1. The summed E-state index contributed by atoms with van der Waals surface area (Å²) >= 11 is 0. The molecule has 0 bridgehead atoms. The molecule has 1 aromatic carbocycles. The van der Waals surface area contributed by atoms with Crippen LogP contribution >= 0.6 is 0 Å². The van der Waals surface area contributed by atoms with Gasteiger partial charge in [0.1, 0.15) is 17.6 Å². The first-order valence-corrected chi connectivity index (χ1v) is 3.08. The lowest BCUT2D eigenvalue weighted by Crippen LogP contribution is -1.90. The SMILES string of the molecule is N#Cc1ccc(OC=O)cc1F. The van der Waals surface area contributed by atoms with Crippen LogP contribution in [0.25, 0.3) is 0 Å². The fourth-order valence-corrected chi connectivity index (χ4v) is 0.715. The Morgan fingerprint density at radius 2 is 2.33 bits per heavy atom. The average molecular weight is 165 g/mol. The summed E-state index contributed by atoms with van der Waals surface area (Å²) in [6.07, 6.45) is 0. The number of nitriles is 1. The first kappa shape index (κ1) is 8.21. The zero-order chi connectivity index (χ0) is 8.97. The molecular formula is C8H4FNO2. The molecule has 60 valence electrons. The summed E-state index contributed by atoms with van der Waals surface area (Å²) in [5, 5.41) is 8.34. The van der Waals surface area contributed by atoms with Gasteiger partial charge in [0.2, 0.25) is 0 Å². The van der Waals surface area contributed by atoms with E-state index in [0.29, 0.717) is 0 Å². The molecule has 0 unspecified atom stereocenters. The van der Waals surface area contributed by atoms with Crippen LogP contribution in [0, 0.1) is 17.1 Å². The molecule has 0 spiro atoms. The van der Waals surface area contributed by atoms with Gasteiger partial charge in [-0.25, -0.2) is 4.39 Å². The van der Waals surface area contributed by atoms with E-state index < -0.39 is 5.82 Å². The fraction of sp³-hybridized carbons (Fsp3) is 0. The van der Waals surface area contributed by atoms with Crippen molar-refractivity contribution in [2.75, 3.05) is 0 Å². The first-order chi connectivity index (χ1) is 5.77. The summed E-state index contributed by atoms with van der Waals surface area (Å²) in [7, 11) is 0. The number of carbonyl (C=O) groups is 1. The Hall–Kier alpha value is -1.89. The molecule has 0 aliphatic carbocycles. The molecule has 0 atom stereocenters. The molecule has 0 saturated carbocycles. The lowest BCUT2D eigenvalue weighted by atomic mass is 10.2. The quantitative estimate of drug-likeness (QED) is 0.619. The van der Waals surface area contributed by atoms with E-state index in [1.165, 1.54) is 12.1 Å². The minimum atomic E-state index is -0.697. The highest BCUT2D eigenvalue weighted by Gasteiger charge is 2.02. The molecule has 12 heavy (non-hydrogen) atoms. The molecule has 0 fully saturated rings. The van der Waals surface area contributed by atoms with Crippen LogP contribution in [0.1, 0.15) is 5.56 Å². The molecular weight excluding hydrogens is 161 g/mol. The first-order valence-electron chi connectivity index (χ1n) is 3.08. The maximum Gasteiger partial charge on any atom is 0.298 e. The second-order valence-corrected chi connectivity index (χ2v) is 1.97. The Morgan fingerprint density at radius 1 is 1.58 bits per heavy atom. The third-order valence-electron chi connectivity index (χ3n) is 1.25. The zero-order valence-corrected chi connectivity index (χ0v) is 5.95. The van der Waals surface area contributed by atoms with Gasteiger partial charge in [-0.15, -0.1) is 0 Å². The number of ether oxygens (including phenoxy) is 1. The Labute approximate surface area is 68.0 Å². The topological polar surface area (TPSA) is 50.1 Å². The Bertz CT molecular complexity index is 343. The van der Waals surface area contributed by atoms with Gasteiger partial charge in [0.25, 0.3) is 6.47 Å². The maximum atomic E-state index is 12.8.